The van der Waals surface area contributed by atoms with Gasteiger partial charge in [-0.1, -0.05) is 30.1 Å². The summed E-state index contributed by atoms with van der Waals surface area (Å²) in [7, 11) is 0. The monoisotopic (exact) mass is 543 g/mol. The second kappa shape index (κ2) is 13.3. The number of carbonyl (C=O) groups excluding carboxylic acids is 2. The maximum atomic E-state index is 12.1. The predicted octanol–water partition coefficient (Wildman–Crippen LogP) is 5.21. The molecule has 2 aromatic carbocycles. The van der Waals surface area contributed by atoms with E-state index in [-0.39, 0.29) is 29.8 Å². The highest BCUT2D eigenvalue weighted by Crippen LogP contribution is 2.36. The van der Waals surface area contributed by atoms with Crippen molar-refractivity contribution in [1.29, 1.82) is 0 Å². The largest absolute Gasteiger partial charge is 0.490 e. The summed E-state index contributed by atoms with van der Waals surface area (Å²) in [6.07, 6.45) is 2.44. The fraction of sp³-hybridized carbons (Fsp3) is 0.318. The summed E-state index contributed by atoms with van der Waals surface area (Å²) in [4.78, 5) is 24.1. The summed E-state index contributed by atoms with van der Waals surface area (Å²) in [5, 5.41) is 7.27. The van der Waals surface area contributed by atoms with Gasteiger partial charge in [-0.05, 0) is 65.2 Å². The molecule has 0 bridgehead atoms. The van der Waals surface area contributed by atoms with E-state index in [1.54, 1.807) is 12.1 Å². The van der Waals surface area contributed by atoms with E-state index in [4.69, 9.17) is 32.7 Å². The van der Waals surface area contributed by atoms with Crippen LogP contribution in [0.2, 0.25) is 10.0 Å². The van der Waals surface area contributed by atoms with Crippen molar-refractivity contribution in [3.63, 3.8) is 0 Å². The first-order chi connectivity index (χ1) is 15.3. The first-order valence-electron chi connectivity index (χ1n) is 10.00. The number of hydrogen-bond donors (Lipinski definition) is 2. The number of rotatable bonds is 11. The Labute approximate surface area is 205 Å². The zero-order valence-electron chi connectivity index (χ0n) is 17.7. The number of nitrogens with zero attached hydrogens (tertiary/aromatic N) is 1. The van der Waals surface area contributed by atoms with E-state index in [1.807, 2.05) is 19.9 Å². The van der Waals surface area contributed by atoms with Crippen LogP contribution in [0.25, 0.3) is 0 Å². The average Bonchev–Trinajstić information content (AvgIpc) is 2.75. The molecule has 2 amide bonds. The Kier molecular flexibility index (Phi) is 10.8. The Hall–Kier alpha value is -2.29. The number of amides is 2. The summed E-state index contributed by atoms with van der Waals surface area (Å²) < 4.78 is 12.1. The molecule has 32 heavy (non-hydrogen) atoms. The number of benzene rings is 2. The van der Waals surface area contributed by atoms with Crippen molar-refractivity contribution in [2.75, 3.05) is 19.8 Å². The van der Waals surface area contributed by atoms with Crippen molar-refractivity contribution >= 4 is 57.2 Å². The molecule has 0 saturated heterocycles. The van der Waals surface area contributed by atoms with Gasteiger partial charge in [0.2, 0.25) is 5.91 Å². The minimum absolute atomic E-state index is 0.0576. The molecule has 0 heterocycles. The van der Waals surface area contributed by atoms with Gasteiger partial charge in [0, 0.05) is 18.5 Å². The molecule has 0 spiro atoms. The summed E-state index contributed by atoms with van der Waals surface area (Å²) in [5.41, 5.74) is 3.52. The molecular formula is C22H24BrCl2N3O4. The predicted molar refractivity (Wildman–Crippen MR) is 130 cm³/mol. The van der Waals surface area contributed by atoms with Crippen molar-refractivity contribution in [1.82, 2.24) is 10.7 Å². The fourth-order valence-electron chi connectivity index (χ4n) is 2.53. The molecule has 0 radical (unpaired) electrons. The lowest BCUT2D eigenvalue weighted by atomic mass is 10.2. The van der Waals surface area contributed by atoms with Crippen LogP contribution in [-0.4, -0.2) is 37.8 Å². The molecule has 172 valence electrons. The van der Waals surface area contributed by atoms with Crippen LogP contribution >= 0.6 is 39.1 Å². The van der Waals surface area contributed by atoms with Crippen LogP contribution in [0.3, 0.4) is 0 Å². The molecule has 0 saturated carbocycles. The number of ether oxygens (including phenoxy) is 2. The molecule has 0 fully saturated rings. The number of carbonyl (C=O) groups is 2. The highest BCUT2D eigenvalue weighted by Gasteiger charge is 2.12. The van der Waals surface area contributed by atoms with Crippen LogP contribution < -0.4 is 20.2 Å². The minimum Gasteiger partial charge on any atom is -0.490 e. The van der Waals surface area contributed by atoms with E-state index in [0.29, 0.717) is 35.3 Å². The van der Waals surface area contributed by atoms with Crippen molar-refractivity contribution in [3.8, 4) is 11.5 Å². The van der Waals surface area contributed by atoms with Crippen LogP contribution in [0.4, 0.5) is 0 Å². The smallest absolute Gasteiger partial charge is 0.251 e. The second-order valence-electron chi connectivity index (χ2n) is 6.54. The molecule has 0 aliphatic rings. The standard InChI is InChI=1S/C22H24BrCl2N3O4/c1-3-9-32-21-16(23)10-14(11-19(21)31-4-2)13-27-28-20(29)7-8-26-22(30)15-5-6-17(24)18(25)12-15/h5-6,10-13H,3-4,7-9H2,1-2H3,(H,26,30)(H,28,29). The van der Waals surface area contributed by atoms with Crippen LogP contribution in [0.15, 0.2) is 39.9 Å². The van der Waals surface area contributed by atoms with Crippen LogP contribution in [0, 0.1) is 0 Å². The van der Waals surface area contributed by atoms with Gasteiger partial charge in [-0.2, -0.15) is 5.10 Å². The summed E-state index contributed by atoms with van der Waals surface area (Å²) in [6.45, 7) is 5.11. The Morgan fingerprint density at radius 3 is 2.59 bits per heavy atom. The Morgan fingerprint density at radius 2 is 1.91 bits per heavy atom. The molecule has 0 unspecified atom stereocenters. The molecule has 2 rings (SSSR count). The molecule has 0 atom stereocenters. The molecule has 7 nitrogen and oxygen atoms in total. The topological polar surface area (TPSA) is 89.0 Å². The van der Waals surface area contributed by atoms with Crippen molar-refractivity contribution in [3.05, 3.63) is 56.0 Å². The third kappa shape index (κ3) is 8.00. The van der Waals surface area contributed by atoms with Gasteiger partial charge in [0.05, 0.1) is 33.9 Å². The molecular weight excluding hydrogens is 521 g/mol. The quantitative estimate of drug-likeness (QED) is 0.300. The van der Waals surface area contributed by atoms with Gasteiger partial charge in [0.15, 0.2) is 11.5 Å². The van der Waals surface area contributed by atoms with E-state index in [2.05, 4.69) is 31.8 Å². The second-order valence-corrected chi connectivity index (χ2v) is 8.21. The maximum Gasteiger partial charge on any atom is 0.251 e. The lowest BCUT2D eigenvalue weighted by molar-refractivity contribution is -0.120. The highest BCUT2D eigenvalue weighted by molar-refractivity contribution is 9.10. The molecule has 2 N–H and O–H groups in total. The molecule has 10 heteroatoms. The third-order valence-corrected chi connectivity index (χ3v) is 5.33. The zero-order valence-corrected chi connectivity index (χ0v) is 20.8. The van der Waals surface area contributed by atoms with E-state index < -0.39 is 0 Å². The van der Waals surface area contributed by atoms with Gasteiger partial charge < -0.3 is 14.8 Å². The average molecular weight is 545 g/mol. The van der Waals surface area contributed by atoms with Crippen molar-refractivity contribution in [2.24, 2.45) is 5.10 Å². The zero-order chi connectivity index (χ0) is 23.5. The Balaban J connectivity index is 1.87. The fourth-order valence-corrected chi connectivity index (χ4v) is 3.41. The van der Waals surface area contributed by atoms with Gasteiger partial charge in [0.25, 0.3) is 5.91 Å². The van der Waals surface area contributed by atoms with E-state index in [0.717, 1.165) is 16.5 Å². The number of nitrogens with one attached hydrogen (secondary N) is 2. The summed E-state index contributed by atoms with van der Waals surface area (Å²) >= 11 is 15.2. The van der Waals surface area contributed by atoms with Crippen molar-refractivity contribution in [2.45, 2.75) is 26.7 Å². The molecule has 0 aliphatic carbocycles. The minimum atomic E-state index is -0.349. The summed E-state index contributed by atoms with van der Waals surface area (Å²) in [6, 6.07) is 8.17. The van der Waals surface area contributed by atoms with E-state index >= 15 is 0 Å². The normalized spacial score (nSPS) is 10.8. The van der Waals surface area contributed by atoms with Gasteiger partial charge in [-0.25, -0.2) is 5.43 Å². The summed E-state index contributed by atoms with van der Waals surface area (Å²) in [5.74, 6) is 0.530. The third-order valence-electron chi connectivity index (χ3n) is 4.00. The Bertz CT molecular complexity index is 986. The maximum absolute atomic E-state index is 12.1. The van der Waals surface area contributed by atoms with Crippen LogP contribution in [-0.2, 0) is 4.79 Å². The SMILES string of the molecule is CCCOc1c(Br)cc(C=NNC(=O)CCNC(=O)c2ccc(Cl)c(Cl)c2)cc1OCC. The molecule has 2 aromatic rings. The van der Waals surface area contributed by atoms with E-state index in [9.17, 15) is 9.59 Å². The van der Waals surface area contributed by atoms with Crippen LogP contribution in [0.1, 0.15) is 42.6 Å². The van der Waals surface area contributed by atoms with Crippen LogP contribution in [0.5, 0.6) is 11.5 Å². The van der Waals surface area contributed by atoms with Gasteiger partial charge in [-0.15, -0.1) is 0 Å². The van der Waals surface area contributed by atoms with Gasteiger partial charge in [-0.3, -0.25) is 9.59 Å². The molecule has 0 aromatic heterocycles. The van der Waals surface area contributed by atoms with Gasteiger partial charge >= 0.3 is 0 Å². The highest BCUT2D eigenvalue weighted by atomic mass is 79.9. The number of halogens is 3. The number of hydrogen-bond acceptors (Lipinski definition) is 5. The lowest BCUT2D eigenvalue weighted by Crippen LogP contribution is -2.29. The first kappa shape index (κ1) is 26.0. The van der Waals surface area contributed by atoms with E-state index in [1.165, 1.54) is 18.3 Å². The lowest BCUT2D eigenvalue weighted by Gasteiger charge is -2.14. The number of hydrazone groups is 1. The Morgan fingerprint density at radius 1 is 1.12 bits per heavy atom. The van der Waals surface area contributed by atoms with Gasteiger partial charge in [0.1, 0.15) is 0 Å². The first-order valence-corrected chi connectivity index (χ1v) is 11.5. The molecule has 0 aliphatic heterocycles. The van der Waals surface area contributed by atoms with Crippen molar-refractivity contribution < 1.29 is 19.1 Å².